The maximum atomic E-state index is 10.4. The Bertz CT molecular complexity index is 359. The van der Waals surface area contributed by atoms with Gasteiger partial charge in [0.1, 0.15) is 11.5 Å². The Labute approximate surface area is 92.8 Å². The number of phenols is 2. The zero-order valence-electron chi connectivity index (χ0n) is 8.31. The van der Waals surface area contributed by atoms with E-state index in [9.17, 15) is 15.3 Å². The molecule has 1 fully saturated rings. The van der Waals surface area contributed by atoms with Crippen LogP contribution in [0.4, 0.5) is 0 Å². The van der Waals surface area contributed by atoms with Gasteiger partial charge in [0.05, 0.1) is 5.60 Å². The number of benzene rings is 1. The van der Waals surface area contributed by atoms with Gasteiger partial charge in [-0.3, -0.25) is 0 Å². The standard InChI is InChI=1S/C11H14O3S/c12-8-1-2-9(10(13)7-8)11(14)3-5-15-6-4-11/h1-2,7,12-14H,3-6H2. The van der Waals surface area contributed by atoms with Crippen LogP contribution in [-0.4, -0.2) is 26.8 Å². The summed E-state index contributed by atoms with van der Waals surface area (Å²) in [6.07, 6.45) is 1.30. The zero-order chi connectivity index (χ0) is 10.9. The van der Waals surface area contributed by atoms with Crippen LogP contribution >= 0.6 is 11.8 Å². The van der Waals surface area contributed by atoms with Crippen molar-refractivity contribution in [3.05, 3.63) is 23.8 Å². The van der Waals surface area contributed by atoms with E-state index in [0.717, 1.165) is 11.5 Å². The van der Waals surface area contributed by atoms with Crippen molar-refractivity contribution in [2.75, 3.05) is 11.5 Å². The minimum Gasteiger partial charge on any atom is -0.508 e. The van der Waals surface area contributed by atoms with Gasteiger partial charge in [0.15, 0.2) is 0 Å². The maximum absolute atomic E-state index is 10.4. The molecule has 1 heterocycles. The fourth-order valence-electron chi connectivity index (χ4n) is 1.89. The van der Waals surface area contributed by atoms with Gasteiger partial charge in [0.2, 0.25) is 0 Å². The lowest BCUT2D eigenvalue weighted by molar-refractivity contribution is 0.0258. The van der Waals surface area contributed by atoms with Crippen LogP contribution in [0.5, 0.6) is 11.5 Å². The Morgan fingerprint density at radius 2 is 1.80 bits per heavy atom. The van der Waals surface area contributed by atoms with E-state index in [1.165, 1.54) is 12.1 Å². The van der Waals surface area contributed by atoms with Crippen LogP contribution in [0.15, 0.2) is 18.2 Å². The largest absolute Gasteiger partial charge is 0.508 e. The molecule has 3 nitrogen and oxygen atoms in total. The summed E-state index contributed by atoms with van der Waals surface area (Å²) in [6.45, 7) is 0. The molecule has 2 rings (SSSR count). The van der Waals surface area contributed by atoms with Gasteiger partial charge in [0.25, 0.3) is 0 Å². The second-order valence-electron chi connectivity index (χ2n) is 3.85. The minimum absolute atomic E-state index is 0.0186. The van der Waals surface area contributed by atoms with Crippen molar-refractivity contribution in [2.45, 2.75) is 18.4 Å². The molecule has 1 aliphatic heterocycles. The summed E-state index contributed by atoms with van der Waals surface area (Å²) >= 11 is 1.81. The Balaban J connectivity index is 2.35. The van der Waals surface area contributed by atoms with Crippen LogP contribution in [0, 0.1) is 0 Å². The molecule has 0 radical (unpaired) electrons. The van der Waals surface area contributed by atoms with E-state index in [0.29, 0.717) is 18.4 Å². The van der Waals surface area contributed by atoms with Gasteiger partial charge in [0, 0.05) is 11.6 Å². The number of rotatable bonds is 1. The Hall–Kier alpha value is -0.870. The summed E-state index contributed by atoms with van der Waals surface area (Å²) in [5.41, 5.74) is -0.399. The van der Waals surface area contributed by atoms with E-state index in [4.69, 9.17) is 0 Å². The molecule has 0 bridgehead atoms. The number of aliphatic hydroxyl groups is 1. The Kier molecular flexibility index (Phi) is 2.80. The SMILES string of the molecule is Oc1ccc(C2(O)CCSCC2)c(O)c1. The molecule has 3 N–H and O–H groups in total. The molecule has 0 aromatic heterocycles. The lowest BCUT2D eigenvalue weighted by Crippen LogP contribution is -2.30. The van der Waals surface area contributed by atoms with E-state index in [2.05, 4.69) is 0 Å². The first-order valence-electron chi connectivity index (χ1n) is 4.94. The molecule has 1 aromatic carbocycles. The predicted octanol–water partition coefficient (Wildman–Crippen LogP) is 1.81. The summed E-state index contributed by atoms with van der Waals surface area (Å²) in [4.78, 5) is 0. The van der Waals surface area contributed by atoms with Crippen LogP contribution in [0.3, 0.4) is 0 Å². The van der Waals surface area contributed by atoms with Gasteiger partial charge < -0.3 is 15.3 Å². The first kappa shape index (κ1) is 10.6. The predicted molar refractivity (Wildman–Crippen MR) is 60.2 cm³/mol. The third-order valence-corrected chi connectivity index (χ3v) is 3.79. The van der Waals surface area contributed by atoms with Crippen LogP contribution in [0.1, 0.15) is 18.4 Å². The third kappa shape index (κ3) is 2.06. The molecule has 82 valence electrons. The molecule has 1 aliphatic rings. The normalized spacial score (nSPS) is 20.1. The van der Waals surface area contributed by atoms with Crippen molar-refractivity contribution >= 4 is 11.8 Å². The second kappa shape index (κ2) is 3.94. The molecule has 0 atom stereocenters. The van der Waals surface area contributed by atoms with Crippen molar-refractivity contribution in [3.63, 3.8) is 0 Å². The zero-order valence-corrected chi connectivity index (χ0v) is 9.13. The van der Waals surface area contributed by atoms with Crippen LogP contribution in [-0.2, 0) is 5.60 Å². The van der Waals surface area contributed by atoms with Gasteiger partial charge in [-0.05, 0) is 36.5 Å². The third-order valence-electron chi connectivity index (χ3n) is 2.80. The smallest absolute Gasteiger partial charge is 0.125 e. The van der Waals surface area contributed by atoms with Crippen LogP contribution < -0.4 is 0 Å². The van der Waals surface area contributed by atoms with Gasteiger partial charge >= 0.3 is 0 Å². The summed E-state index contributed by atoms with van der Waals surface area (Å²) in [5, 5.41) is 29.2. The topological polar surface area (TPSA) is 60.7 Å². The first-order chi connectivity index (χ1) is 7.12. The van der Waals surface area contributed by atoms with Gasteiger partial charge in [-0.2, -0.15) is 11.8 Å². The number of hydrogen-bond acceptors (Lipinski definition) is 4. The summed E-state index contributed by atoms with van der Waals surface area (Å²) in [6, 6.07) is 4.37. The number of aromatic hydroxyl groups is 2. The van der Waals surface area contributed by atoms with E-state index in [1.807, 2.05) is 11.8 Å². The first-order valence-corrected chi connectivity index (χ1v) is 6.10. The number of phenolic OH excluding ortho intramolecular Hbond substituents is 2. The van der Waals surface area contributed by atoms with E-state index >= 15 is 0 Å². The molecular weight excluding hydrogens is 212 g/mol. The molecule has 0 amide bonds. The van der Waals surface area contributed by atoms with Crippen molar-refractivity contribution in [3.8, 4) is 11.5 Å². The van der Waals surface area contributed by atoms with E-state index < -0.39 is 5.60 Å². The fraction of sp³-hybridized carbons (Fsp3) is 0.455. The maximum Gasteiger partial charge on any atom is 0.125 e. The van der Waals surface area contributed by atoms with Crippen molar-refractivity contribution < 1.29 is 15.3 Å². The molecule has 4 heteroatoms. The summed E-state index contributed by atoms with van der Waals surface area (Å²) in [7, 11) is 0. The van der Waals surface area contributed by atoms with Crippen LogP contribution in [0.25, 0.3) is 0 Å². The second-order valence-corrected chi connectivity index (χ2v) is 5.07. The molecule has 0 spiro atoms. The lowest BCUT2D eigenvalue weighted by atomic mass is 9.87. The van der Waals surface area contributed by atoms with E-state index in [-0.39, 0.29) is 11.5 Å². The quantitative estimate of drug-likeness (QED) is 0.683. The molecule has 0 unspecified atom stereocenters. The molecule has 15 heavy (non-hydrogen) atoms. The average molecular weight is 226 g/mol. The van der Waals surface area contributed by atoms with Crippen molar-refractivity contribution in [2.24, 2.45) is 0 Å². The highest BCUT2D eigenvalue weighted by atomic mass is 32.2. The highest BCUT2D eigenvalue weighted by molar-refractivity contribution is 7.99. The number of thioether (sulfide) groups is 1. The summed E-state index contributed by atoms with van der Waals surface area (Å²) in [5.74, 6) is 1.79. The minimum atomic E-state index is -0.928. The lowest BCUT2D eigenvalue weighted by Gasteiger charge is -2.32. The Morgan fingerprint density at radius 1 is 1.13 bits per heavy atom. The molecule has 1 aromatic rings. The highest BCUT2D eigenvalue weighted by Gasteiger charge is 2.33. The summed E-state index contributed by atoms with van der Waals surface area (Å²) < 4.78 is 0. The molecule has 0 saturated carbocycles. The number of hydrogen-bond donors (Lipinski definition) is 3. The van der Waals surface area contributed by atoms with Crippen molar-refractivity contribution in [1.82, 2.24) is 0 Å². The molecule has 0 aliphatic carbocycles. The van der Waals surface area contributed by atoms with Gasteiger partial charge in [-0.15, -0.1) is 0 Å². The fourth-order valence-corrected chi connectivity index (χ4v) is 3.06. The average Bonchev–Trinajstić information content (AvgIpc) is 2.18. The highest BCUT2D eigenvalue weighted by Crippen LogP contribution is 2.40. The van der Waals surface area contributed by atoms with Crippen LogP contribution in [0.2, 0.25) is 0 Å². The Morgan fingerprint density at radius 3 is 2.40 bits per heavy atom. The van der Waals surface area contributed by atoms with Gasteiger partial charge in [-0.1, -0.05) is 0 Å². The van der Waals surface area contributed by atoms with Crippen molar-refractivity contribution in [1.29, 1.82) is 0 Å². The van der Waals surface area contributed by atoms with Gasteiger partial charge in [-0.25, -0.2) is 0 Å². The van der Waals surface area contributed by atoms with E-state index in [1.54, 1.807) is 6.07 Å². The molecular formula is C11H14O3S. The molecule has 1 saturated heterocycles. The monoisotopic (exact) mass is 226 g/mol.